The molecule has 1 saturated heterocycles. The van der Waals surface area contributed by atoms with Crippen LogP contribution in [0.4, 0.5) is 0 Å². The van der Waals surface area contributed by atoms with E-state index in [0.29, 0.717) is 17.4 Å². The lowest BCUT2D eigenvalue weighted by molar-refractivity contribution is 0.0945. The number of aromatic hydroxyl groups is 1. The van der Waals surface area contributed by atoms with Gasteiger partial charge in [0.15, 0.2) is 9.84 Å². The number of phenols is 1. The summed E-state index contributed by atoms with van der Waals surface area (Å²) in [5.41, 5.74) is 0.184. The summed E-state index contributed by atoms with van der Waals surface area (Å²) in [6.45, 7) is 0.313. The van der Waals surface area contributed by atoms with Crippen molar-refractivity contribution in [3.05, 3.63) is 28.2 Å². The maximum Gasteiger partial charge on any atom is 0.255 e. The van der Waals surface area contributed by atoms with Crippen LogP contribution in [0.15, 0.2) is 22.7 Å². The molecule has 0 aliphatic carbocycles. The van der Waals surface area contributed by atoms with Crippen LogP contribution in [-0.4, -0.2) is 37.5 Å². The van der Waals surface area contributed by atoms with Gasteiger partial charge in [0.2, 0.25) is 0 Å². The van der Waals surface area contributed by atoms with Crippen molar-refractivity contribution in [3.63, 3.8) is 0 Å². The van der Waals surface area contributed by atoms with Gasteiger partial charge in [-0.25, -0.2) is 8.42 Å². The largest absolute Gasteiger partial charge is 0.507 e. The van der Waals surface area contributed by atoms with Gasteiger partial charge in [0, 0.05) is 11.0 Å². The lowest BCUT2D eigenvalue weighted by atomic mass is 10.1. The van der Waals surface area contributed by atoms with Crippen LogP contribution in [0.5, 0.6) is 5.75 Å². The second-order valence-electron chi connectivity index (χ2n) is 4.64. The van der Waals surface area contributed by atoms with Crippen molar-refractivity contribution in [2.24, 2.45) is 5.92 Å². The molecule has 0 unspecified atom stereocenters. The number of carbonyl (C=O) groups excluding carboxylic acids is 1. The second kappa shape index (κ2) is 5.50. The number of hydrogen-bond donors (Lipinski definition) is 2. The molecular formula is C12H14BrNO4S. The van der Waals surface area contributed by atoms with Gasteiger partial charge in [-0.05, 0) is 30.5 Å². The van der Waals surface area contributed by atoms with Crippen molar-refractivity contribution in [2.75, 3.05) is 18.1 Å². The molecule has 1 heterocycles. The fourth-order valence-electron chi connectivity index (χ4n) is 2.06. The number of halogens is 1. The molecule has 1 amide bonds. The highest BCUT2D eigenvalue weighted by Gasteiger charge is 2.28. The average Bonchev–Trinajstić information content (AvgIpc) is 2.66. The second-order valence-corrected chi connectivity index (χ2v) is 7.78. The number of sulfone groups is 1. The first-order chi connectivity index (χ1) is 8.87. The van der Waals surface area contributed by atoms with Crippen molar-refractivity contribution in [1.29, 1.82) is 0 Å². The predicted molar refractivity (Wildman–Crippen MR) is 74.9 cm³/mol. The first-order valence-electron chi connectivity index (χ1n) is 5.84. The van der Waals surface area contributed by atoms with Crippen molar-refractivity contribution in [3.8, 4) is 5.75 Å². The molecule has 1 aromatic rings. The summed E-state index contributed by atoms with van der Waals surface area (Å²) in [4.78, 5) is 11.9. The third kappa shape index (κ3) is 3.70. The van der Waals surface area contributed by atoms with Crippen molar-refractivity contribution >= 4 is 31.7 Å². The number of nitrogens with one attached hydrogen (secondary N) is 1. The minimum absolute atomic E-state index is 0.0356. The normalized spacial score (nSPS) is 21.2. The fraction of sp³-hybridized carbons (Fsp3) is 0.417. The number of rotatable bonds is 3. The number of carbonyl (C=O) groups is 1. The lowest BCUT2D eigenvalue weighted by Gasteiger charge is -2.10. The van der Waals surface area contributed by atoms with Crippen LogP contribution >= 0.6 is 15.9 Å². The summed E-state index contributed by atoms with van der Waals surface area (Å²) < 4.78 is 23.3. The van der Waals surface area contributed by atoms with Gasteiger partial charge in [-0.3, -0.25) is 4.79 Å². The molecule has 1 fully saturated rings. The zero-order chi connectivity index (χ0) is 14.0. The molecule has 1 aliphatic heterocycles. The molecule has 0 radical (unpaired) electrons. The van der Waals surface area contributed by atoms with Gasteiger partial charge >= 0.3 is 0 Å². The van der Waals surface area contributed by atoms with E-state index in [1.54, 1.807) is 6.07 Å². The Labute approximate surface area is 120 Å². The minimum atomic E-state index is -2.93. The number of phenolic OH excluding ortho intramolecular Hbond substituents is 1. The third-order valence-corrected chi connectivity index (χ3v) is 5.41. The monoisotopic (exact) mass is 347 g/mol. The van der Waals surface area contributed by atoms with Crippen molar-refractivity contribution in [1.82, 2.24) is 5.32 Å². The van der Waals surface area contributed by atoms with Crippen molar-refractivity contribution < 1.29 is 18.3 Å². The van der Waals surface area contributed by atoms with E-state index >= 15 is 0 Å². The van der Waals surface area contributed by atoms with Crippen molar-refractivity contribution in [2.45, 2.75) is 6.42 Å². The van der Waals surface area contributed by atoms with E-state index in [4.69, 9.17) is 0 Å². The molecule has 7 heteroatoms. The van der Waals surface area contributed by atoms with E-state index < -0.39 is 15.7 Å². The summed E-state index contributed by atoms with van der Waals surface area (Å²) in [5.74, 6) is -0.219. The van der Waals surface area contributed by atoms with Crippen LogP contribution in [0, 0.1) is 5.92 Å². The van der Waals surface area contributed by atoms with E-state index in [2.05, 4.69) is 21.2 Å². The lowest BCUT2D eigenvalue weighted by Crippen LogP contribution is -2.29. The Bertz CT molecular complexity index is 600. The summed E-state index contributed by atoms with van der Waals surface area (Å²) in [7, 11) is -2.93. The number of amides is 1. The van der Waals surface area contributed by atoms with Gasteiger partial charge < -0.3 is 10.4 Å². The summed E-state index contributed by atoms with van der Waals surface area (Å²) >= 11 is 3.19. The zero-order valence-electron chi connectivity index (χ0n) is 10.1. The minimum Gasteiger partial charge on any atom is -0.507 e. The fourth-order valence-corrected chi connectivity index (χ4v) is 4.27. The quantitative estimate of drug-likeness (QED) is 0.863. The van der Waals surface area contributed by atoms with Crippen LogP contribution in [0.2, 0.25) is 0 Å². The Morgan fingerprint density at radius 1 is 1.47 bits per heavy atom. The molecular weight excluding hydrogens is 334 g/mol. The average molecular weight is 348 g/mol. The summed E-state index contributed by atoms with van der Waals surface area (Å²) in [6.07, 6.45) is 0.578. The maximum atomic E-state index is 11.9. The van der Waals surface area contributed by atoms with E-state index in [1.165, 1.54) is 12.1 Å². The SMILES string of the molecule is O=C(NC[C@@H]1CCS(=O)(=O)C1)c1ccc(Br)cc1O. The van der Waals surface area contributed by atoms with Gasteiger partial charge in [-0.2, -0.15) is 0 Å². The Balaban J connectivity index is 1.95. The maximum absolute atomic E-state index is 11.9. The van der Waals surface area contributed by atoms with E-state index in [0.717, 1.165) is 0 Å². The van der Waals surface area contributed by atoms with Gasteiger partial charge in [-0.15, -0.1) is 0 Å². The highest BCUT2D eigenvalue weighted by Crippen LogP contribution is 2.22. The molecule has 0 bridgehead atoms. The standard InChI is InChI=1S/C12H14BrNO4S/c13-9-1-2-10(11(15)5-9)12(16)14-6-8-3-4-19(17,18)7-8/h1-2,5,8,15H,3-4,6-7H2,(H,14,16)/t8-/m0/s1. The predicted octanol–water partition coefficient (Wildman–Crippen LogP) is 1.32. The Morgan fingerprint density at radius 2 is 2.21 bits per heavy atom. The van der Waals surface area contributed by atoms with E-state index in [-0.39, 0.29) is 28.7 Å². The molecule has 2 N–H and O–H groups in total. The Morgan fingerprint density at radius 3 is 2.79 bits per heavy atom. The number of hydrogen-bond acceptors (Lipinski definition) is 4. The molecule has 2 rings (SSSR count). The van der Waals surface area contributed by atoms with Crippen LogP contribution in [-0.2, 0) is 9.84 Å². The zero-order valence-corrected chi connectivity index (χ0v) is 12.5. The molecule has 0 aromatic heterocycles. The van der Waals surface area contributed by atoms with Crippen LogP contribution in [0.25, 0.3) is 0 Å². The first-order valence-corrected chi connectivity index (χ1v) is 8.46. The highest BCUT2D eigenvalue weighted by atomic mass is 79.9. The van der Waals surface area contributed by atoms with Gasteiger partial charge in [0.25, 0.3) is 5.91 Å². The third-order valence-electron chi connectivity index (χ3n) is 3.08. The Kier molecular flexibility index (Phi) is 4.15. The highest BCUT2D eigenvalue weighted by molar-refractivity contribution is 9.10. The molecule has 5 nitrogen and oxygen atoms in total. The molecule has 0 spiro atoms. The van der Waals surface area contributed by atoms with Gasteiger partial charge in [0.05, 0.1) is 17.1 Å². The molecule has 104 valence electrons. The van der Waals surface area contributed by atoms with E-state index in [1.807, 2.05) is 0 Å². The van der Waals surface area contributed by atoms with Crippen LogP contribution < -0.4 is 5.32 Å². The first kappa shape index (κ1) is 14.3. The molecule has 1 atom stereocenters. The van der Waals surface area contributed by atoms with E-state index in [9.17, 15) is 18.3 Å². The molecule has 19 heavy (non-hydrogen) atoms. The summed E-state index contributed by atoms with van der Waals surface area (Å²) in [5, 5.41) is 12.3. The number of benzene rings is 1. The van der Waals surface area contributed by atoms with Gasteiger partial charge in [0.1, 0.15) is 5.75 Å². The molecule has 0 saturated carbocycles. The van der Waals surface area contributed by atoms with Crippen LogP contribution in [0.1, 0.15) is 16.8 Å². The smallest absolute Gasteiger partial charge is 0.255 e. The van der Waals surface area contributed by atoms with Gasteiger partial charge in [-0.1, -0.05) is 15.9 Å². The molecule has 1 aromatic carbocycles. The van der Waals surface area contributed by atoms with Crippen LogP contribution in [0.3, 0.4) is 0 Å². The summed E-state index contributed by atoms with van der Waals surface area (Å²) in [6, 6.07) is 4.61. The molecule has 1 aliphatic rings. The topological polar surface area (TPSA) is 83.5 Å². The Hall–Kier alpha value is -1.08.